The predicted molar refractivity (Wildman–Crippen MR) is 45.6 cm³/mol. The molecule has 0 radical (unpaired) electrons. The Labute approximate surface area is 83.8 Å². The van der Waals surface area contributed by atoms with Crippen LogP contribution in [-0.2, 0) is 19.2 Å². The lowest BCUT2D eigenvalue weighted by Gasteiger charge is -2.11. The van der Waals surface area contributed by atoms with Gasteiger partial charge in [-0.05, 0) is 0 Å². The van der Waals surface area contributed by atoms with Gasteiger partial charge in [0.25, 0.3) is 0 Å². The zero-order chi connectivity index (χ0) is 12.2. The number of carbonyl (C=O) groups excluding carboxylic acids is 2. The van der Waals surface area contributed by atoms with Gasteiger partial charge in [0, 0.05) is 6.42 Å². The first-order chi connectivity index (χ1) is 6.77. The highest BCUT2D eigenvalue weighted by Crippen LogP contribution is 2.04. The fourth-order valence-electron chi connectivity index (χ4n) is 0.880. The van der Waals surface area contributed by atoms with Crippen molar-refractivity contribution in [1.82, 2.24) is 0 Å². The SMILES string of the molecule is NC(=O)CC(N)C(=O)C(C(=O)O)C(=O)O. The Morgan fingerprint density at radius 1 is 1.07 bits per heavy atom. The number of primary amides is 1. The molecule has 1 atom stereocenters. The lowest BCUT2D eigenvalue weighted by molar-refractivity contribution is -0.158. The number of aliphatic carboxylic acids is 2. The zero-order valence-corrected chi connectivity index (χ0v) is 7.54. The topological polar surface area (TPSA) is 161 Å². The zero-order valence-electron chi connectivity index (χ0n) is 7.54. The molecule has 1 amide bonds. The van der Waals surface area contributed by atoms with E-state index in [4.69, 9.17) is 21.7 Å². The van der Waals surface area contributed by atoms with Crippen LogP contribution < -0.4 is 11.5 Å². The number of rotatable bonds is 6. The summed E-state index contributed by atoms with van der Waals surface area (Å²) in [5.74, 6) is -8.08. The third-order valence-electron chi connectivity index (χ3n) is 1.56. The summed E-state index contributed by atoms with van der Waals surface area (Å²) in [4.78, 5) is 42.3. The highest BCUT2D eigenvalue weighted by molar-refractivity contribution is 6.16. The molecule has 0 aliphatic heterocycles. The van der Waals surface area contributed by atoms with Crippen LogP contribution in [0.4, 0.5) is 0 Å². The summed E-state index contributed by atoms with van der Waals surface area (Å²) >= 11 is 0. The van der Waals surface area contributed by atoms with Gasteiger partial charge in [-0.25, -0.2) is 0 Å². The van der Waals surface area contributed by atoms with E-state index in [1.807, 2.05) is 0 Å². The van der Waals surface area contributed by atoms with E-state index < -0.39 is 42.0 Å². The quantitative estimate of drug-likeness (QED) is 0.359. The maximum absolute atomic E-state index is 11.2. The standard InChI is InChI=1S/C7H10N2O6/c8-2(1-3(9)10)5(11)4(6(12)13)7(14)15/h2,4H,1,8H2,(H2,9,10)(H,12,13)(H,14,15). The number of hydrogen-bond donors (Lipinski definition) is 4. The Morgan fingerprint density at radius 2 is 1.47 bits per heavy atom. The minimum absolute atomic E-state index is 0.587. The second-order valence-electron chi connectivity index (χ2n) is 2.79. The number of nitrogens with two attached hydrogens (primary N) is 2. The van der Waals surface area contributed by atoms with Crippen LogP contribution in [0, 0.1) is 5.92 Å². The molecule has 84 valence electrons. The molecular weight excluding hydrogens is 208 g/mol. The van der Waals surface area contributed by atoms with Crippen molar-refractivity contribution in [3.8, 4) is 0 Å². The van der Waals surface area contributed by atoms with E-state index in [2.05, 4.69) is 0 Å². The number of carboxylic acids is 2. The Morgan fingerprint density at radius 3 is 1.73 bits per heavy atom. The van der Waals surface area contributed by atoms with E-state index in [9.17, 15) is 19.2 Å². The minimum atomic E-state index is -2.26. The third kappa shape index (κ3) is 3.73. The normalized spacial score (nSPS) is 12.1. The first-order valence-electron chi connectivity index (χ1n) is 3.80. The van der Waals surface area contributed by atoms with Gasteiger partial charge in [0.15, 0.2) is 5.78 Å². The molecule has 0 aromatic carbocycles. The Kier molecular flexibility index (Phi) is 4.39. The second-order valence-corrected chi connectivity index (χ2v) is 2.79. The van der Waals surface area contributed by atoms with Crippen molar-refractivity contribution in [2.45, 2.75) is 12.5 Å². The van der Waals surface area contributed by atoms with Gasteiger partial charge >= 0.3 is 11.9 Å². The Hall–Kier alpha value is -1.96. The smallest absolute Gasteiger partial charge is 0.325 e. The molecule has 0 spiro atoms. The van der Waals surface area contributed by atoms with Gasteiger partial charge in [-0.2, -0.15) is 0 Å². The van der Waals surface area contributed by atoms with Crippen molar-refractivity contribution in [3.05, 3.63) is 0 Å². The number of carbonyl (C=O) groups is 4. The van der Waals surface area contributed by atoms with Gasteiger partial charge in [0.1, 0.15) is 0 Å². The molecule has 0 aromatic heterocycles. The molecule has 0 fully saturated rings. The molecule has 6 N–H and O–H groups in total. The number of hydrogen-bond acceptors (Lipinski definition) is 5. The summed E-state index contributed by atoms with van der Waals surface area (Å²) < 4.78 is 0. The molecule has 1 unspecified atom stereocenters. The van der Waals surface area contributed by atoms with Crippen LogP contribution in [0.15, 0.2) is 0 Å². The fraction of sp³-hybridized carbons (Fsp3) is 0.429. The summed E-state index contributed by atoms with van der Waals surface area (Å²) in [5.41, 5.74) is 9.84. The van der Waals surface area contributed by atoms with E-state index in [0.29, 0.717) is 0 Å². The van der Waals surface area contributed by atoms with Crippen LogP contribution in [0.3, 0.4) is 0 Å². The van der Waals surface area contributed by atoms with Crippen LogP contribution in [-0.4, -0.2) is 39.9 Å². The molecule has 0 rings (SSSR count). The van der Waals surface area contributed by atoms with Crippen molar-refractivity contribution in [2.24, 2.45) is 17.4 Å². The average molecular weight is 218 g/mol. The summed E-state index contributed by atoms with van der Waals surface area (Å²) in [7, 11) is 0. The molecule has 0 saturated heterocycles. The van der Waals surface area contributed by atoms with Gasteiger partial charge in [-0.3, -0.25) is 19.2 Å². The molecule has 8 nitrogen and oxygen atoms in total. The number of ketones is 1. The number of Topliss-reactive ketones (excluding diaryl/α,β-unsaturated/α-hetero) is 1. The van der Waals surface area contributed by atoms with Crippen molar-refractivity contribution in [2.75, 3.05) is 0 Å². The largest absolute Gasteiger partial charge is 0.480 e. The highest BCUT2D eigenvalue weighted by atomic mass is 16.4. The molecule has 0 aromatic rings. The molecule has 0 heterocycles. The first-order valence-corrected chi connectivity index (χ1v) is 3.80. The average Bonchev–Trinajstić information content (AvgIpc) is 2.00. The third-order valence-corrected chi connectivity index (χ3v) is 1.56. The first kappa shape index (κ1) is 13.0. The van der Waals surface area contributed by atoms with Crippen molar-refractivity contribution >= 4 is 23.6 Å². The molecular formula is C7H10N2O6. The maximum Gasteiger partial charge on any atom is 0.325 e. The van der Waals surface area contributed by atoms with Gasteiger partial charge in [-0.1, -0.05) is 0 Å². The van der Waals surface area contributed by atoms with Crippen LogP contribution in [0.5, 0.6) is 0 Å². The summed E-state index contributed by atoms with van der Waals surface area (Å²) in [6.45, 7) is 0. The highest BCUT2D eigenvalue weighted by Gasteiger charge is 2.37. The van der Waals surface area contributed by atoms with E-state index in [1.54, 1.807) is 0 Å². The summed E-state index contributed by atoms with van der Waals surface area (Å²) in [6.07, 6.45) is -0.587. The fourth-order valence-corrected chi connectivity index (χ4v) is 0.880. The molecule has 0 bridgehead atoms. The Balaban J connectivity index is 4.72. The van der Waals surface area contributed by atoms with Gasteiger partial charge in [0.2, 0.25) is 11.8 Å². The van der Waals surface area contributed by atoms with Crippen molar-refractivity contribution in [3.63, 3.8) is 0 Å². The van der Waals surface area contributed by atoms with E-state index in [-0.39, 0.29) is 0 Å². The van der Waals surface area contributed by atoms with Gasteiger partial charge in [0.05, 0.1) is 6.04 Å². The molecule has 8 heteroatoms. The molecule has 15 heavy (non-hydrogen) atoms. The van der Waals surface area contributed by atoms with Crippen molar-refractivity contribution in [1.29, 1.82) is 0 Å². The number of amides is 1. The maximum atomic E-state index is 11.2. The summed E-state index contributed by atoms with van der Waals surface area (Å²) in [5, 5.41) is 16.8. The van der Waals surface area contributed by atoms with Crippen LogP contribution >= 0.6 is 0 Å². The van der Waals surface area contributed by atoms with Gasteiger partial charge in [-0.15, -0.1) is 0 Å². The van der Waals surface area contributed by atoms with E-state index in [1.165, 1.54) is 0 Å². The number of carboxylic acid groups (broad SMARTS) is 2. The summed E-state index contributed by atoms with van der Waals surface area (Å²) in [6, 6.07) is -1.51. The molecule has 0 aliphatic rings. The molecule has 0 saturated carbocycles. The lowest BCUT2D eigenvalue weighted by atomic mass is 9.96. The second kappa shape index (κ2) is 5.05. The Bertz CT molecular complexity index is 299. The van der Waals surface area contributed by atoms with Gasteiger partial charge < -0.3 is 21.7 Å². The monoisotopic (exact) mass is 218 g/mol. The van der Waals surface area contributed by atoms with Crippen molar-refractivity contribution < 1.29 is 29.4 Å². The van der Waals surface area contributed by atoms with E-state index >= 15 is 0 Å². The molecule has 0 aliphatic carbocycles. The van der Waals surface area contributed by atoms with Crippen LogP contribution in [0.25, 0.3) is 0 Å². The van der Waals surface area contributed by atoms with Crippen LogP contribution in [0.1, 0.15) is 6.42 Å². The minimum Gasteiger partial charge on any atom is -0.480 e. The van der Waals surface area contributed by atoms with Crippen LogP contribution in [0.2, 0.25) is 0 Å². The lowest BCUT2D eigenvalue weighted by Crippen LogP contribution is -2.44. The predicted octanol–water partition coefficient (Wildman–Crippen LogP) is -2.46. The van der Waals surface area contributed by atoms with E-state index in [0.717, 1.165) is 0 Å².